The molecule has 8 nitrogen and oxygen atoms in total. The molecule has 9 heteroatoms. The summed E-state index contributed by atoms with van der Waals surface area (Å²) in [5, 5.41) is 16.6. The molecule has 0 unspecified atom stereocenters. The van der Waals surface area contributed by atoms with Crippen molar-refractivity contribution in [2.45, 2.75) is 32.7 Å². The number of nitro groups is 1. The van der Waals surface area contributed by atoms with E-state index in [9.17, 15) is 10.1 Å². The van der Waals surface area contributed by atoms with Crippen molar-refractivity contribution in [3.8, 4) is 0 Å². The largest absolute Gasteiger partial charge is 0.318 e. The van der Waals surface area contributed by atoms with Crippen molar-refractivity contribution in [2.24, 2.45) is 5.10 Å². The molecule has 1 N–H and O–H groups in total. The van der Waals surface area contributed by atoms with E-state index in [-0.39, 0.29) is 5.62 Å². The van der Waals surface area contributed by atoms with E-state index in [1.807, 2.05) is 0 Å². The molecule has 0 spiro atoms. The molecule has 2 aromatic heterocycles. The van der Waals surface area contributed by atoms with Crippen molar-refractivity contribution in [1.82, 2.24) is 19.7 Å². The molecule has 0 aliphatic rings. The van der Waals surface area contributed by atoms with Crippen molar-refractivity contribution < 1.29 is 5.03 Å². The second kappa shape index (κ2) is 6.98. The zero-order valence-electron chi connectivity index (χ0n) is 11.5. The average molecular weight is 311 g/mol. The molecule has 0 bridgehead atoms. The quantitative estimate of drug-likeness (QED) is 0.498. The Kier molecular flexibility index (Phi) is 5.04. The minimum Gasteiger partial charge on any atom is -0.282 e. The second-order valence-corrected chi connectivity index (χ2v) is 4.87. The van der Waals surface area contributed by atoms with Crippen LogP contribution >= 0.6 is 11.6 Å². The van der Waals surface area contributed by atoms with Crippen molar-refractivity contribution in [3.63, 3.8) is 0 Å². The Hall–Kier alpha value is -2.22. The van der Waals surface area contributed by atoms with E-state index in [1.165, 1.54) is 4.68 Å². The van der Waals surface area contributed by atoms with E-state index in [1.54, 1.807) is 18.3 Å². The highest BCUT2D eigenvalue weighted by atomic mass is 35.5. The van der Waals surface area contributed by atoms with Gasteiger partial charge in [-0.25, -0.2) is 19.8 Å². The van der Waals surface area contributed by atoms with Crippen LogP contribution in [-0.4, -0.2) is 24.8 Å². The maximum Gasteiger partial charge on any atom is 0.318 e. The maximum absolute atomic E-state index is 10.6. The number of unbranched alkanes of at least 4 members (excludes halogenated alkanes) is 1. The molecular formula is C12H15ClN6O2. The normalized spacial score (nSPS) is 11.8. The van der Waals surface area contributed by atoms with E-state index in [0.717, 1.165) is 24.8 Å². The van der Waals surface area contributed by atoms with Gasteiger partial charge in [0.25, 0.3) is 0 Å². The van der Waals surface area contributed by atoms with Gasteiger partial charge in [-0.3, -0.25) is 5.10 Å². The second-order valence-electron chi connectivity index (χ2n) is 4.49. The Bertz CT molecular complexity index is 676. The zero-order valence-corrected chi connectivity index (χ0v) is 12.2. The fourth-order valence-electron chi connectivity index (χ4n) is 1.81. The number of hydrogen-bond acceptors (Lipinski definition) is 4. The SMILES string of the molecule is CCCCc1n/c(=N\[N+](=O)[O-])n(Cc2ccc(Cl)nc2)[nH]1. The minimum absolute atomic E-state index is 0.0426. The predicted octanol–water partition coefficient (Wildman–Crippen LogP) is 1.74. The van der Waals surface area contributed by atoms with Crippen molar-refractivity contribution in [2.75, 3.05) is 0 Å². The molecular weight excluding hydrogens is 296 g/mol. The third kappa shape index (κ3) is 4.38. The van der Waals surface area contributed by atoms with Gasteiger partial charge in [-0.2, -0.15) is 4.98 Å². The Morgan fingerprint density at radius 2 is 2.33 bits per heavy atom. The predicted molar refractivity (Wildman–Crippen MR) is 76.1 cm³/mol. The Balaban J connectivity index is 2.29. The van der Waals surface area contributed by atoms with Crippen LogP contribution in [0.5, 0.6) is 0 Å². The first-order chi connectivity index (χ1) is 10.1. The smallest absolute Gasteiger partial charge is 0.282 e. The van der Waals surface area contributed by atoms with Crippen LogP contribution in [0.25, 0.3) is 0 Å². The highest BCUT2D eigenvalue weighted by molar-refractivity contribution is 6.29. The van der Waals surface area contributed by atoms with Gasteiger partial charge in [-0.1, -0.05) is 31.0 Å². The Morgan fingerprint density at radius 3 is 2.95 bits per heavy atom. The lowest BCUT2D eigenvalue weighted by atomic mass is 10.2. The number of aromatic amines is 1. The first-order valence-electron chi connectivity index (χ1n) is 6.53. The summed E-state index contributed by atoms with van der Waals surface area (Å²) in [5.41, 5.74) is 0.885. The molecule has 0 aromatic carbocycles. The number of hydrogen-bond donors (Lipinski definition) is 1. The Morgan fingerprint density at radius 1 is 1.52 bits per heavy atom. The van der Waals surface area contributed by atoms with Gasteiger partial charge in [0.05, 0.1) is 6.54 Å². The van der Waals surface area contributed by atoms with E-state index in [4.69, 9.17) is 11.6 Å². The summed E-state index contributed by atoms with van der Waals surface area (Å²) < 4.78 is 1.53. The monoisotopic (exact) mass is 310 g/mol. The minimum atomic E-state index is -0.754. The van der Waals surface area contributed by atoms with Gasteiger partial charge >= 0.3 is 5.62 Å². The molecule has 21 heavy (non-hydrogen) atoms. The van der Waals surface area contributed by atoms with Crippen molar-refractivity contribution in [1.29, 1.82) is 0 Å². The third-order valence-corrected chi connectivity index (χ3v) is 3.03. The lowest BCUT2D eigenvalue weighted by molar-refractivity contribution is -0.491. The Labute approximate surface area is 125 Å². The van der Waals surface area contributed by atoms with Crippen LogP contribution in [0.15, 0.2) is 23.4 Å². The number of halogens is 1. The summed E-state index contributed by atoms with van der Waals surface area (Å²) >= 11 is 5.73. The van der Waals surface area contributed by atoms with Crippen LogP contribution in [-0.2, 0) is 13.0 Å². The van der Waals surface area contributed by atoms with Crippen LogP contribution in [0.2, 0.25) is 5.15 Å². The molecule has 0 aliphatic heterocycles. The molecule has 0 saturated carbocycles. The van der Waals surface area contributed by atoms with Gasteiger partial charge in [-0.05, 0) is 18.1 Å². The molecule has 0 aliphatic carbocycles. The van der Waals surface area contributed by atoms with E-state index < -0.39 is 5.03 Å². The fourth-order valence-corrected chi connectivity index (χ4v) is 1.92. The van der Waals surface area contributed by atoms with Crippen LogP contribution < -0.4 is 5.62 Å². The topological polar surface area (TPSA) is 102 Å². The van der Waals surface area contributed by atoms with Gasteiger partial charge in [0.2, 0.25) is 0 Å². The zero-order chi connectivity index (χ0) is 15.2. The van der Waals surface area contributed by atoms with Gasteiger partial charge < -0.3 is 0 Å². The average Bonchev–Trinajstić information content (AvgIpc) is 2.80. The number of rotatable bonds is 6. The van der Waals surface area contributed by atoms with E-state index in [0.29, 0.717) is 17.5 Å². The summed E-state index contributed by atoms with van der Waals surface area (Å²) in [6.07, 6.45) is 4.30. The summed E-state index contributed by atoms with van der Waals surface area (Å²) in [6, 6.07) is 3.46. The van der Waals surface area contributed by atoms with E-state index in [2.05, 4.69) is 27.1 Å². The molecule has 0 amide bonds. The molecule has 2 rings (SSSR count). The van der Waals surface area contributed by atoms with Crippen LogP contribution in [0.3, 0.4) is 0 Å². The van der Waals surface area contributed by atoms with Crippen LogP contribution in [0.4, 0.5) is 0 Å². The van der Waals surface area contributed by atoms with Crippen molar-refractivity contribution >= 4 is 11.6 Å². The standard InChI is InChI=1S/C12H15ClN6O2/c1-2-3-4-11-15-12(17-19(20)21)18(16-11)8-9-5-6-10(13)14-7-9/h5-7H,2-4,8H2,1H3,(H,15,16,17). The number of aromatic nitrogens is 4. The third-order valence-electron chi connectivity index (χ3n) is 2.81. The van der Waals surface area contributed by atoms with Gasteiger partial charge in [0, 0.05) is 12.6 Å². The molecule has 0 radical (unpaired) electrons. The molecule has 2 aromatic rings. The molecule has 2 heterocycles. The number of nitrogens with one attached hydrogen (secondary N) is 1. The highest BCUT2D eigenvalue weighted by Gasteiger charge is 2.07. The van der Waals surface area contributed by atoms with Crippen LogP contribution in [0, 0.1) is 10.1 Å². The van der Waals surface area contributed by atoms with Gasteiger partial charge in [0.15, 0.2) is 5.03 Å². The number of H-pyrrole nitrogens is 1. The summed E-state index contributed by atoms with van der Waals surface area (Å²) in [4.78, 5) is 18.7. The van der Waals surface area contributed by atoms with Crippen molar-refractivity contribution in [3.05, 3.63) is 50.6 Å². The lowest BCUT2D eigenvalue weighted by Gasteiger charge is -2.01. The fraction of sp³-hybridized carbons (Fsp3) is 0.417. The number of aryl methyl sites for hydroxylation is 1. The maximum atomic E-state index is 10.6. The lowest BCUT2D eigenvalue weighted by Crippen LogP contribution is -2.22. The summed E-state index contributed by atoms with van der Waals surface area (Å²) in [7, 11) is 0. The first-order valence-corrected chi connectivity index (χ1v) is 6.91. The first kappa shape index (κ1) is 15.2. The summed E-state index contributed by atoms with van der Waals surface area (Å²) in [5.74, 6) is 0.680. The molecule has 112 valence electrons. The summed E-state index contributed by atoms with van der Waals surface area (Å²) in [6.45, 7) is 2.43. The highest BCUT2D eigenvalue weighted by Crippen LogP contribution is 2.06. The van der Waals surface area contributed by atoms with E-state index >= 15 is 0 Å². The van der Waals surface area contributed by atoms with Crippen LogP contribution in [0.1, 0.15) is 31.2 Å². The van der Waals surface area contributed by atoms with Gasteiger partial charge in [-0.15, -0.1) is 0 Å². The molecule has 0 fully saturated rings. The van der Waals surface area contributed by atoms with Gasteiger partial charge in [0.1, 0.15) is 16.1 Å². The molecule has 0 atom stereocenters. The number of nitrogens with zero attached hydrogens (tertiary/aromatic N) is 5. The molecule has 0 saturated heterocycles. The number of pyridine rings is 1.